The van der Waals surface area contributed by atoms with Crippen molar-refractivity contribution < 1.29 is 22.9 Å². The Morgan fingerprint density at radius 1 is 1.42 bits per heavy atom. The van der Waals surface area contributed by atoms with Crippen LogP contribution in [0, 0.1) is 23.0 Å². The van der Waals surface area contributed by atoms with E-state index < -0.39 is 17.0 Å². The number of likely N-dealkylation sites (tertiary alicyclic amines) is 1. The summed E-state index contributed by atoms with van der Waals surface area (Å²) in [6.07, 6.45) is -4.04. The zero-order valence-corrected chi connectivity index (χ0v) is 13.3. The van der Waals surface area contributed by atoms with Gasteiger partial charge in [-0.3, -0.25) is 14.9 Å². The second-order valence-electron chi connectivity index (χ2n) is 5.78. The van der Waals surface area contributed by atoms with Gasteiger partial charge in [-0.1, -0.05) is 0 Å². The van der Waals surface area contributed by atoms with Gasteiger partial charge in [0.05, 0.1) is 4.92 Å². The number of carbonyl (C=O) groups is 1. The van der Waals surface area contributed by atoms with Crippen molar-refractivity contribution in [2.24, 2.45) is 13.0 Å². The summed E-state index contributed by atoms with van der Waals surface area (Å²) in [6, 6.07) is 0. The van der Waals surface area contributed by atoms with Crippen molar-refractivity contribution in [2.45, 2.75) is 25.9 Å². The Morgan fingerprint density at radius 2 is 2.00 bits per heavy atom. The minimum atomic E-state index is -4.85. The number of aromatic nitrogens is 2. The van der Waals surface area contributed by atoms with E-state index in [0.29, 0.717) is 19.4 Å². The Bertz CT molecular complexity index is 636. The Labute approximate surface area is 135 Å². The fourth-order valence-electron chi connectivity index (χ4n) is 2.82. The van der Waals surface area contributed by atoms with Gasteiger partial charge in [-0.15, -0.1) is 0 Å². The number of hydrogen-bond donors (Lipinski definition) is 1. The van der Waals surface area contributed by atoms with Gasteiger partial charge in [-0.05, 0) is 25.7 Å². The van der Waals surface area contributed by atoms with Gasteiger partial charge >= 0.3 is 17.8 Å². The lowest BCUT2D eigenvalue weighted by Crippen LogP contribution is -2.46. The molecule has 24 heavy (non-hydrogen) atoms. The summed E-state index contributed by atoms with van der Waals surface area (Å²) < 4.78 is 38.5. The van der Waals surface area contributed by atoms with Crippen LogP contribution in [-0.4, -0.2) is 51.3 Å². The highest BCUT2D eigenvalue weighted by atomic mass is 19.4. The summed E-state index contributed by atoms with van der Waals surface area (Å²) in [5.41, 5.74) is 0.178. The summed E-state index contributed by atoms with van der Waals surface area (Å²) in [6.45, 7) is 1.95. The molecule has 0 atom stereocenters. The molecule has 2 rings (SSSR count). The minimum absolute atomic E-state index is 0.0250. The number of nitro groups is 1. The van der Waals surface area contributed by atoms with Crippen LogP contribution in [0.1, 0.15) is 18.5 Å². The molecule has 134 valence electrons. The van der Waals surface area contributed by atoms with Crippen molar-refractivity contribution in [1.29, 1.82) is 0 Å². The highest BCUT2D eigenvalue weighted by Crippen LogP contribution is 2.29. The van der Waals surface area contributed by atoms with E-state index in [1.165, 1.54) is 11.6 Å². The Hall–Kier alpha value is -2.33. The van der Waals surface area contributed by atoms with Gasteiger partial charge in [0.15, 0.2) is 0 Å². The van der Waals surface area contributed by atoms with E-state index in [9.17, 15) is 28.1 Å². The third-order valence-corrected chi connectivity index (χ3v) is 4.08. The number of anilines is 1. The first kappa shape index (κ1) is 18.0. The molecular weight excluding hydrogens is 331 g/mol. The van der Waals surface area contributed by atoms with Gasteiger partial charge in [-0.25, -0.2) is 4.68 Å². The number of amides is 1. The maximum absolute atomic E-state index is 12.4. The van der Waals surface area contributed by atoms with Crippen LogP contribution < -0.4 is 5.32 Å². The number of piperidine rings is 1. The Kier molecular flexibility index (Phi) is 4.99. The largest absolute Gasteiger partial charge is 0.471 e. The molecule has 0 saturated carbocycles. The molecule has 0 aromatic carbocycles. The predicted octanol–water partition coefficient (Wildman–Crippen LogP) is 1.85. The normalized spacial score (nSPS) is 16.3. The number of rotatable bonds is 4. The third-order valence-electron chi connectivity index (χ3n) is 4.08. The number of nitrogens with zero attached hydrogens (tertiary/aromatic N) is 4. The van der Waals surface area contributed by atoms with E-state index in [4.69, 9.17) is 0 Å². The molecule has 0 aliphatic carbocycles. The van der Waals surface area contributed by atoms with Crippen LogP contribution in [-0.2, 0) is 11.8 Å². The molecule has 2 heterocycles. The quantitative estimate of drug-likeness (QED) is 0.661. The van der Waals surface area contributed by atoms with Crippen LogP contribution in [0.5, 0.6) is 0 Å². The molecule has 1 N–H and O–H groups in total. The van der Waals surface area contributed by atoms with Gasteiger partial charge in [-0.2, -0.15) is 18.3 Å². The van der Waals surface area contributed by atoms with Gasteiger partial charge in [0.25, 0.3) is 0 Å². The number of aryl methyl sites for hydroxylation is 2. The average molecular weight is 349 g/mol. The molecule has 1 saturated heterocycles. The van der Waals surface area contributed by atoms with Crippen molar-refractivity contribution in [3.63, 3.8) is 0 Å². The van der Waals surface area contributed by atoms with E-state index in [1.54, 1.807) is 7.05 Å². The molecule has 0 radical (unpaired) electrons. The van der Waals surface area contributed by atoms with Crippen LogP contribution in [0.25, 0.3) is 0 Å². The molecule has 0 unspecified atom stereocenters. The van der Waals surface area contributed by atoms with Crippen LogP contribution in [0.2, 0.25) is 0 Å². The summed E-state index contributed by atoms with van der Waals surface area (Å²) >= 11 is 0. The van der Waals surface area contributed by atoms with E-state index in [1.807, 2.05) is 0 Å². The molecule has 8 nitrogen and oxygen atoms in total. The predicted molar refractivity (Wildman–Crippen MR) is 78.4 cm³/mol. The Morgan fingerprint density at radius 3 is 2.50 bits per heavy atom. The monoisotopic (exact) mass is 349 g/mol. The van der Waals surface area contributed by atoms with Crippen LogP contribution in [0.15, 0.2) is 0 Å². The molecule has 1 fully saturated rings. The topological polar surface area (TPSA) is 93.3 Å². The SMILES string of the molecule is Cc1nn(C)c(NCC2CCN(C(=O)C(F)(F)F)CC2)c1[N+](=O)[O-]. The van der Waals surface area contributed by atoms with Crippen molar-refractivity contribution >= 4 is 17.4 Å². The smallest absolute Gasteiger partial charge is 0.364 e. The molecular formula is C13H18F3N5O3. The van der Waals surface area contributed by atoms with E-state index in [-0.39, 0.29) is 36.2 Å². The van der Waals surface area contributed by atoms with Crippen molar-refractivity contribution in [3.05, 3.63) is 15.8 Å². The molecule has 1 aromatic heterocycles. The fourth-order valence-corrected chi connectivity index (χ4v) is 2.82. The highest BCUT2D eigenvalue weighted by molar-refractivity contribution is 5.81. The molecule has 0 spiro atoms. The third kappa shape index (κ3) is 3.77. The maximum atomic E-state index is 12.4. The van der Waals surface area contributed by atoms with Gasteiger partial charge < -0.3 is 10.2 Å². The highest BCUT2D eigenvalue weighted by Gasteiger charge is 2.43. The van der Waals surface area contributed by atoms with Crippen molar-refractivity contribution in [3.8, 4) is 0 Å². The molecule has 1 aliphatic heterocycles. The zero-order valence-electron chi connectivity index (χ0n) is 13.3. The molecule has 1 amide bonds. The summed E-state index contributed by atoms with van der Waals surface area (Å²) in [5.74, 6) is -1.52. The lowest BCUT2D eigenvalue weighted by Gasteiger charge is -2.32. The lowest BCUT2D eigenvalue weighted by atomic mass is 9.96. The second kappa shape index (κ2) is 6.65. The number of alkyl halides is 3. The van der Waals surface area contributed by atoms with Gasteiger partial charge in [0.2, 0.25) is 5.82 Å². The average Bonchev–Trinajstić information content (AvgIpc) is 2.78. The minimum Gasteiger partial charge on any atom is -0.364 e. The summed E-state index contributed by atoms with van der Waals surface area (Å²) in [5, 5.41) is 18.0. The van der Waals surface area contributed by atoms with Crippen molar-refractivity contribution in [1.82, 2.24) is 14.7 Å². The number of halogens is 3. The first-order valence-electron chi connectivity index (χ1n) is 7.39. The zero-order chi connectivity index (χ0) is 18.1. The molecule has 1 aliphatic rings. The first-order chi connectivity index (χ1) is 11.1. The van der Waals surface area contributed by atoms with Gasteiger partial charge in [0.1, 0.15) is 5.69 Å². The standard InChI is InChI=1S/C13H18F3N5O3/c1-8-10(21(23)24)11(19(2)18-8)17-7-9-3-5-20(6-4-9)12(22)13(14,15)16/h9,17H,3-7H2,1-2H3. The molecule has 11 heteroatoms. The maximum Gasteiger partial charge on any atom is 0.471 e. The van der Waals surface area contributed by atoms with E-state index >= 15 is 0 Å². The van der Waals surface area contributed by atoms with Gasteiger partial charge in [0, 0.05) is 26.7 Å². The van der Waals surface area contributed by atoms with Crippen LogP contribution >= 0.6 is 0 Å². The molecule has 1 aromatic rings. The first-order valence-corrected chi connectivity index (χ1v) is 7.39. The molecule has 0 bridgehead atoms. The number of hydrogen-bond acceptors (Lipinski definition) is 5. The lowest BCUT2D eigenvalue weighted by molar-refractivity contribution is -0.384. The summed E-state index contributed by atoms with van der Waals surface area (Å²) in [4.78, 5) is 22.5. The second-order valence-corrected chi connectivity index (χ2v) is 5.78. The Balaban J connectivity index is 1.92. The van der Waals surface area contributed by atoms with Crippen molar-refractivity contribution in [2.75, 3.05) is 25.0 Å². The van der Waals surface area contributed by atoms with Crippen LogP contribution in [0.3, 0.4) is 0 Å². The number of carbonyl (C=O) groups excluding carboxylic acids is 1. The van der Waals surface area contributed by atoms with Crippen LogP contribution in [0.4, 0.5) is 24.7 Å². The van der Waals surface area contributed by atoms with E-state index in [2.05, 4.69) is 10.4 Å². The van der Waals surface area contributed by atoms with E-state index in [0.717, 1.165) is 4.90 Å². The summed E-state index contributed by atoms with van der Waals surface area (Å²) in [7, 11) is 1.58. The fraction of sp³-hybridized carbons (Fsp3) is 0.692. The number of nitrogens with one attached hydrogen (secondary N) is 1.